The van der Waals surface area contributed by atoms with Gasteiger partial charge < -0.3 is 15.0 Å². The molecule has 0 unspecified atom stereocenters. The number of rotatable bonds is 5. The number of nitrogens with one attached hydrogen (secondary N) is 1. The molecule has 1 fully saturated rings. The standard InChI is InChI=1S/C24H25N5O/c1-30-21-14-8-18(9-15-21)22-6-5-7-23-26-24(27-29(22)23)25-19-10-12-20(13-11-19)28-16-3-2-4-17-28/h5-15H,2-4,16-17H2,1H3,(H,25,27). The van der Waals surface area contributed by atoms with Gasteiger partial charge in [0, 0.05) is 30.0 Å². The van der Waals surface area contributed by atoms with E-state index in [4.69, 9.17) is 9.84 Å². The van der Waals surface area contributed by atoms with Crippen molar-refractivity contribution in [2.24, 2.45) is 0 Å². The lowest BCUT2D eigenvalue weighted by molar-refractivity contribution is 0.415. The van der Waals surface area contributed by atoms with Crippen LogP contribution >= 0.6 is 0 Å². The van der Waals surface area contributed by atoms with Crippen molar-refractivity contribution >= 4 is 23.0 Å². The van der Waals surface area contributed by atoms with Crippen LogP contribution in [0.1, 0.15) is 19.3 Å². The first-order chi connectivity index (χ1) is 14.8. The molecule has 5 rings (SSSR count). The molecule has 152 valence electrons. The van der Waals surface area contributed by atoms with E-state index in [9.17, 15) is 0 Å². The quantitative estimate of drug-likeness (QED) is 0.504. The number of benzene rings is 2. The molecular formula is C24H25N5O. The molecule has 30 heavy (non-hydrogen) atoms. The Morgan fingerprint density at radius 1 is 0.867 bits per heavy atom. The fourth-order valence-electron chi connectivity index (χ4n) is 3.98. The second kappa shape index (κ2) is 8.06. The van der Waals surface area contributed by atoms with E-state index in [0.29, 0.717) is 5.95 Å². The molecule has 0 amide bonds. The predicted octanol–water partition coefficient (Wildman–Crippen LogP) is 5.14. The Morgan fingerprint density at radius 3 is 2.37 bits per heavy atom. The van der Waals surface area contributed by atoms with E-state index in [2.05, 4.69) is 39.5 Å². The van der Waals surface area contributed by atoms with Gasteiger partial charge in [-0.2, -0.15) is 4.98 Å². The monoisotopic (exact) mass is 399 g/mol. The lowest BCUT2D eigenvalue weighted by Crippen LogP contribution is -2.29. The molecule has 2 aromatic heterocycles. The zero-order chi connectivity index (χ0) is 20.3. The Balaban J connectivity index is 1.38. The minimum absolute atomic E-state index is 0.585. The summed E-state index contributed by atoms with van der Waals surface area (Å²) in [6, 6.07) is 22.5. The number of pyridine rings is 1. The Labute approximate surface area is 176 Å². The van der Waals surface area contributed by atoms with Gasteiger partial charge in [-0.3, -0.25) is 0 Å². The highest BCUT2D eigenvalue weighted by Crippen LogP contribution is 2.25. The van der Waals surface area contributed by atoms with E-state index in [1.165, 1.54) is 24.9 Å². The molecule has 0 bridgehead atoms. The van der Waals surface area contributed by atoms with Gasteiger partial charge in [-0.25, -0.2) is 4.52 Å². The average molecular weight is 399 g/mol. The van der Waals surface area contributed by atoms with Crippen LogP contribution in [0.5, 0.6) is 5.75 Å². The Kier molecular flexibility index (Phi) is 4.97. The largest absolute Gasteiger partial charge is 0.497 e. The number of aromatic nitrogens is 3. The second-order valence-corrected chi connectivity index (χ2v) is 7.56. The van der Waals surface area contributed by atoms with Crippen molar-refractivity contribution in [2.75, 3.05) is 30.4 Å². The van der Waals surface area contributed by atoms with Gasteiger partial charge in [0.25, 0.3) is 0 Å². The summed E-state index contributed by atoms with van der Waals surface area (Å²) in [6.07, 6.45) is 3.90. The zero-order valence-corrected chi connectivity index (χ0v) is 17.1. The molecule has 1 aliphatic heterocycles. The summed E-state index contributed by atoms with van der Waals surface area (Å²) in [5.41, 5.74) is 5.11. The van der Waals surface area contributed by atoms with Crippen LogP contribution in [0.25, 0.3) is 16.9 Å². The summed E-state index contributed by atoms with van der Waals surface area (Å²) in [6.45, 7) is 2.30. The molecule has 0 atom stereocenters. The Bertz CT molecular complexity index is 1130. The zero-order valence-electron chi connectivity index (χ0n) is 17.1. The fourth-order valence-corrected chi connectivity index (χ4v) is 3.98. The van der Waals surface area contributed by atoms with E-state index in [0.717, 1.165) is 41.4 Å². The van der Waals surface area contributed by atoms with Crippen LogP contribution in [0.15, 0.2) is 66.7 Å². The number of nitrogens with zero attached hydrogens (tertiary/aromatic N) is 4. The first-order valence-electron chi connectivity index (χ1n) is 10.4. The number of fused-ring (bicyclic) bond motifs is 1. The molecule has 2 aromatic carbocycles. The first-order valence-corrected chi connectivity index (χ1v) is 10.4. The Morgan fingerprint density at radius 2 is 1.63 bits per heavy atom. The molecule has 0 spiro atoms. The van der Waals surface area contributed by atoms with Gasteiger partial charge in [0.2, 0.25) is 5.95 Å². The highest BCUT2D eigenvalue weighted by molar-refractivity contribution is 5.66. The maximum Gasteiger partial charge on any atom is 0.247 e. The van der Waals surface area contributed by atoms with E-state index in [-0.39, 0.29) is 0 Å². The summed E-state index contributed by atoms with van der Waals surface area (Å²) in [7, 11) is 1.67. The number of hydrogen-bond donors (Lipinski definition) is 1. The van der Waals surface area contributed by atoms with Gasteiger partial charge in [0.1, 0.15) is 5.75 Å². The molecule has 6 nitrogen and oxygen atoms in total. The average Bonchev–Trinajstić information content (AvgIpc) is 3.23. The number of methoxy groups -OCH3 is 1. The van der Waals surface area contributed by atoms with E-state index >= 15 is 0 Å². The third-order valence-corrected chi connectivity index (χ3v) is 5.59. The van der Waals surface area contributed by atoms with Crippen molar-refractivity contribution in [1.29, 1.82) is 0 Å². The minimum Gasteiger partial charge on any atom is -0.497 e. The van der Waals surface area contributed by atoms with Crippen molar-refractivity contribution in [3.63, 3.8) is 0 Å². The smallest absolute Gasteiger partial charge is 0.247 e. The molecule has 0 radical (unpaired) electrons. The maximum absolute atomic E-state index is 5.26. The highest BCUT2D eigenvalue weighted by Gasteiger charge is 2.12. The summed E-state index contributed by atoms with van der Waals surface area (Å²) in [5, 5.41) is 8.03. The van der Waals surface area contributed by atoms with E-state index < -0.39 is 0 Å². The van der Waals surface area contributed by atoms with Crippen molar-refractivity contribution < 1.29 is 4.74 Å². The van der Waals surface area contributed by atoms with Gasteiger partial charge in [0.05, 0.1) is 12.8 Å². The maximum atomic E-state index is 5.26. The molecule has 0 saturated carbocycles. The van der Waals surface area contributed by atoms with Crippen molar-refractivity contribution in [3.8, 4) is 17.0 Å². The normalized spacial score (nSPS) is 14.1. The van der Waals surface area contributed by atoms with Gasteiger partial charge in [0.15, 0.2) is 5.65 Å². The molecule has 3 heterocycles. The number of ether oxygens (including phenoxy) is 1. The summed E-state index contributed by atoms with van der Waals surface area (Å²) < 4.78 is 7.13. The molecule has 6 heteroatoms. The topological polar surface area (TPSA) is 54.7 Å². The predicted molar refractivity (Wildman–Crippen MR) is 121 cm³/mol. The fraction of sp³-hybridized carbons (Fsp3) is 0.250. The van der Waals surface area contributed by atoms with Crippen LogP contribution in [0.2, 0.25) is 0 Å². The van der Waals surface area contributed by atoms with Crippen molar-refractivity contribution in [3.05, 3.63) is 66.7 Å². The number of hydrogen-bond acceptors (Lipinski definition) is 5. The van der Waals surface area contributed by atoms with Gasteiger partial charge in [-0.15, -0.1) is 5.10 Å². The molecule has 1 N–H and O–H groups in total. The summed E-state index contributed by atoms with van der Waals surface area (Å²) >= 11 is 0. The summed E-state index contributed by atoms with van der Waals surface area (Å²) in [5.74, 6) is 1.42. The third-order valence-electron chi connectivity index (χ3n) is 5.59. The van der Waals surface area contributed by atoms with E-state index in [1.54, 1.807) is 7.11 Å². The van der Waals surface area contributed by atoms with Crippen LogP contribution in [0, 0.1) is 0 Å². The lowest BCUT2D eigenvalue weighted by atomic mass is 10.1. The van der Waals surface area contributed by atoms with Crippen LogP contribution < -0.4 is 15.0 Å². The van der Waals surface area contributed by atoms with Crippen LogP contribution in [-0.2, 0) is 0 Å². The van der Waals surface area contributed by atoms with Crippen LogP contribution in [0.4, 0.5) is 17.3 Å². The van der Waals surface area contributed by atoms with Gasteiger partial charge in [-0.05, 0) is 79.9 Å². The van der Waals surface area contributed by atoms with Gasteiger partial charge >= 0.3 is 0 Å². The van der Waals surface area contributed by atoms with E-state index in [1.807, 2.05) is 47.0 Å². The SMILES string of the molecule is COc1ccc(-c2cccc3nc(Nc4ccc(N5CCCCC5)cc4)nn23)cc1. The molecule has 1 aliphatic rings. The van der Waals surface area contributed by atoms with Crippen LogP contribution in [-0.4, -0.2) is 34.8 Å². The van der Waals surface area contributed by atoms with Crippen molar-refractivity contribution in [2.45, 2.75) is 19.3 Å². The highest BCUT2D eigenvalue weighted by atomic mass is 16.5. The molecular weight excluding hydrogens is 374 g/mol. The summed E-state index contributed by atoms with van der Waals surface area (Å²) in [4.78, 5) is 7.10. The number of anilines is 3. The lowest BCUT2D eigenvalue weighted by Gasteiger charge is -2.28. The van der Waals surface area contributed by atoms with Crippen molar-refractivity contribution in [1.82, 2.24) is 14.6 Å². The Hall–Kier alpha value is -3.54. The van der Waals surface area contributed by atoms with Gasteiger partial charge in [-0.1, -0.05) is 6.07 Å². The third kappa shape index (κ3) is 3.68. The second-order valence-electron chi connectivity index (χ2n) is 7.56. The molecule has 0 aliphatic carbocycles. The number of piperidine rings is 1. The minimum atomic E-state index is 0.585. The van der Waals surface area contributed by atoms with Crippen LogP contribution in [0.3, 0.4) is 0 Å². The molecule has 4 aromatic rings. The first kappa shape index (κ1) is 18.5. The molecule has 1 saturated heterocycles.